The van der Waals surface area contributed by atoms with Crippen LogP contribution in [0.3, 0.4) is 0 Å². The maximum atomic E-state index is 12.5. The van der Waals surface area contributed by atoms with E-state index in [1.165, 1.54) is 0 Å². The van der Waals surface area contributed by atoms with E-state index in [-0.39, 0.29) is 0 Å². The van der Waals surface area contributed by atoms with Gasteiger partial charge in [-0.15, -0.1) is 0 Å². The summed E-state index contributed by atoms with van der Waals surface area (Å²) < 4.78 is 39.3. The summed E-state index contributed by atoms with van der Waals surface area (Å²) in [4.78, 5) is 4.12. The molecule has 1 N–H and O–H groups in total. The molecule has 0 aromatic carbocycles. The van der Waals surface area contributed by atoms with E-state index in [4.69, 9.17) is 0 Å². The highest BCUT2D eigenvalue weighted by Crippen LogP contribution is 2.23. The van der Waals surface area contributed by atoms with Gasteiger partial charge in [0.1, 0.15) is 5.82 Å². The van der Waals surface area contributed by atoms with Gasteiger partial charge in [0.15, 0.2) is 0 Å². The Bertz CT molecular complexity index is 347. The minimum Gasteiger partial charge on any atom is -0.335 e. The summed E-state index contributed by atoms with van der Waals surface area (Å²) in [5.74, 6) is 0.704. The number of rotatable bonds is 7. The number of aryl methyl sites for hydroxylation is 1. The SMILES string of the molecule is CCCNC(Cc1nccn1CC)CC(F)(F)F. The van der Waals surface area contributed by atoms with E-state index >= 15 is 0 Å². The van der Waals surface area contributed by atoms with Gasteiger partial charge >= 0.3 is 6.18 Å². The van der Waals surface area contributed by atoms with Gasteiger partial charge in [0.2, 0.25) is 0 Å². The van der Waals surface area contributed by atoms with Gasteiger partial charge in [-0.25, -0.2) is 4.98 Å². The molecule has 0 saturated heterocycles. The van der Waals surface area contributed by atoms with Crippen molar-refractivity contribution in [3.63, 3.8) is 0 Å². The second kappa shape index (κ2) is 6.78. The van der Waals surface area contributed by atoms with Gasteiger partial charge in [0.25, 0.3) is 0 Å². The lowest BCUT2D eigenvalue weighted by molar-refractivity contribution is -0.140. The average Bonchev–Trinajstić information content (AvgIpc) is 2.71. The van der Waals surface area contributed by atoms with Crippen LogP contribution in [0.25, 0.3) is 0 Å². The van der Waals surface area contributed by atoms with Crippen molar-refractivity contribution in [2.45, 2.75) is 51.9 Å². The third-order valence-corrected chi connectivity index (χ3v) is 2.73. The van der Waals surface area contributed by atoms with Crippen LogP contribution >= 0.6 is 0 Å². The van der Waals surface area contributed by atoms with Gasteiger partial charge in [-0.05, 0) is 19.9 Å². The quantitative estimate of drug-likeness (QED) is 0.819. The summed E-state index contributed by atoms with van der Waals surface area (Å²) in [6, 6.07) is -0.599. The zero-order valence-electron chi connectivity index (χ0n) is 10.8. The zero-order chi connectivity index (χ0) is 13.6. The molecule has 1 unspecified atom stereocenters. The molecule has 0 amide bonds. The van der Waals surface area contributed by atoms with E-state index in [9.17, 15) is 13.2 Å². The Balaban J connectivity index is 2.65. The van der Waals surface area contributed by atoms with E-state index in [0.29, 0.717) is 18.8 Å². The van der Waals surface area contributed by atoms with Crippen LogP contribution in [0.5, 0.6) is 0 Å². The Morgan fingerprint density at radius 3 is 2.67 bits per heavy atom. The molecule has 0 aliphatic carbocycles. The number of halogens is 3. The van der Waals surface area contributed by atoms with Gasteiger partial charge < -0.3 is 9.88 Å². The van der Waals surface area contributed by atoms with Gasteiger partial charge in [0.05, 0.1) is 6.42 Å². The molecule has 0 bridgehead atoms. The van der Waals surface area contributed by atoms with Gasteiger partial charge in [-0.1, -0.05) is 6.92 Å². The lowest BCUT2D eigenvalue weighted by Crippen LogP contribution is -2.36. The standard InChI is InChI=1S/C12H20F3N3/c1-3-5-16-10(9-12(13,14)15)8-11-17-6-7-18(11)4-2/h6-7,10,16H,3-5,8-9H2,1-2H3. The van der Waals surface area contributed by atoms with Crippen LogP contribution in [0, 0.1) is 0 Å². The number of imidazole rings is 1. The molecule has 0 aliphatic rings. The summed E-state index contributed by atoms with van der Waals surface area (Å²) in [6.07, 6.45) is -0.418. The largest absolute Gasteiger partial charge is 0.390 e. The minimum absolute atomic E-state index is 0.306. The zero-order valence-corrected chi connectivity index (χ0v) is 10.8. The Morgan fingerprint density at radius 2 is 2.11 bits per heavy atom. The molecular weight excluding hydrogens is 243 g/mol. The van der Waals surface area contributed by atoms with Crippen molar-refractivity contribution in [1.29, 1.82) is 0 Å². The molecule has 18 heavy (non-hydrogen) atoms. The predicted molar refractivity (Wildman–Crippen MR) is 64.4 cm³/mol. The van der Waals surface area contributed by atoms with Gasteiger partial charge in [-0.3, -0.25) is 0 Å². The van der Waals surface area contributed by atoms with Crippen molar-refractivity contribution < 1.29 is 13.2 Å². The van der Waals surface area contributed by atoms with Crippen LogP contribution in [0.2, 0.25) is 0 Å². The molecular formula is C12H20F3N3. The molecule has 0 saturated carbocycles. The topological polar surface area (TPSA) is 29.9 Å². The first-order chi connectivity index (χ1) is 8.46. The highest BCUT2D eigenvalue weighted by Gasteiger charge is 2.32. The highest BCUT2D eigenvalue weighted by molar-refractivity contribution is 4.96. The average molecular weight is 263 g/mol. The monoisotopic (exact) mass is 263 g/mol. The summed E-state index contributed by atoms with van der Waals surface area (Å²) in [7, 11) is 0. The maximum absolute atomic E-state index is 12.5. The van der Waals surface area contributed by atoms with Crippen LogP contribution in [0.1, 0.15) is 32.5 Å². The molecule has 1 aromatic rings. The van der Waals surface area contributed by atoms with Crippen molar-refractivity contribution in [2.24, 2.45) is 0 Å². The fourth-order valence-corrected chi connectivity index (χ4v) is 1.88. The number of hydrogen-bond acceptors (Lipinski definition) is 2. The lowest BCUT2D eigenvalue weighted by atomic mass is 10.1. The van der Waals surface area contributed by atoms with Gasteiger partial charge in [-0.2, -0.15) is 13.2 Å². The summed E-state index contributed by atoms with van der Waals surface area (Å²) >= 11 is 0. The smallest absolute Gasteiger partial charge is 0.335 e. The minimum atomic E-state index is -4.14. The summed E-state index contributed by atoms with van der Waals surface area (Å²) in [6.45, 7) is 5.20. The third-order valence-electron chi connectivity index (χ3n) is 2.73. The van der Waals surface area contributed by atoms with Crippen molar-refractivity contribution in [3.05, 3.63) is 18.2 Å². The van der Waals surface area contributed by atoms with Crippen molar-refractivity contribution >= 4 is 0 Å². The third kappa shape index (κ3) is 5.08. The second-order valence-electron chi connectivity index (χ2n) is 4.30. The van der Waals surface area contributed by atoms with Crippen molar-refractivity contribution in [2.75, 3.05) is 6.54 Å². The first-order valence-electron chi connectivity index (χ1n) is 6.26. The highest BCUT2D eigenvalue weighted by atomic mass is 19.4. The molecule has 0 fully saturated rings. The van der Waals surface area contributed by atoms with Crippen LogP contribution in [-0.4, -0.2) is 28.3 Å². The van der Waals surface area contributed by atoms with Crippen LogP contribution in [0.15, 0.2) is 12.4 Å². The number of nitrogens with one attached hydrogen (secondary N) is 1. The number of alkyl halides is 3. The molecule has 0 aliphatic heterocycles. The van der Waals surface area contributed by atoms with Crippen molar-refractivity contribution in [1.82, 2.24) is 14.9 Å². The molecule has 6 heteroatoms. The van der Waals surface area contributed by atoms with E-state index in [0.717, 1.165) is 13.0 Å². The predicted octanol–water partition coefficient (Wildman–Crippen LogP) is 2.77. The van der Waals surface area contributed by atoms with E-state index in [1.807, 2.05) is 18.4 Å². The Morgan fingerprint density at radius 1 is 1.39 bits per heavy atom. The Labute approximate surface area is 105 Å². The first-order valence-corrected chi connectivity index (χ1v) is 6.26. The number of hydrogen-bond donors (Lipinski definition) is 1. The number of aromatic nitrogens is 2. The Hall–Kier alpha value is -1.04. The van der Waals surface area contributed by atoms with Crippen LogP contribution in [0.4, 0.5) is 13.2 Å². The van der Waals surface area contributed by atoms with Gasteiger partial charge in [0, 0.05) is 31.4 Å². The molecule has 1 heterocycles. The summed E-state index contributed by atoms with van der Waals surface area (Å²) in [5.41, 5.74) is 0. The first kappa shape index (κ1) is 15.0. The normalized spacial score (nSPS) is 13.8. The van der Waals surface area contributed by atoms with Crippen LogP contribution < -0.4 is 5.32 Å². The van der Waals surface area contributed by atoms with Crippen LogP contribution in [-0.2, 0) is 13.0 Å². The molecule has 104 valence electrons. The molecule has 1 atom stereocenters. The Kier molecular flexibility index (Phi) is 5.65. The van der Waals surface area contributed by atoms with E-state index in [2.05, 4.69) is 10.3 Å². The maximum Gasteiger partial charge on any atom is 0.390 e. The van der Waals surface area contributed by atoms with Crippen molar-refractivity contribution in [3.8, 4) is 0 Å². The molecule has 1 rings (SSSR count). The number of nitrogens with zero attached hydrogens (tertiary/aromatic N) is 2. The fraction of sp³-hybridized carbons (Fsp3) is 0.750. The molecule has 1 aromatic heterocycles. The second-order valence-corrected chi connectivity index (χ2v) is 4.30. The lowest BCUT2D eigenvalue weighted by Gasteiger charge is -2.20. The summed E-state index contributed by atoms with van der Waals surface area (Å²) in [5, 5.41) is 2.94. The molecule has 3 nitrogen and oxygen atoms in total. The van der Waals surface area contributed by atoms with E-state index in [1.54, 1.807) is 12.4 Å². The fourth-order valence-electron chi connectivity index (χ4n) is 1.88. The van der Waals surface area contributed by atoms with E-state index < -0.39 is 18.6 Å². The molecule has 0 spiro atoms. The molecule has 0 radical (unpaired) electrons.